The lowest BCUT2D eigenvalue weighted by Gasteiger charge is -1.94. The Bertz CT molecular complexity index is 73.7. The van der Waals surface area contributed by atoms with Gasteiger partial charge in [0.2, 0.25) is 0 Å². The summed E-state index contributed by atoms with van der Waals surface area (Å²) in [5, 5.41) is 8.03. The number of carboxylic acids is 1. The summed E-state index contributed by atoms with van der Waals surface area (Å²) in [5.74, 6) is -0.847. The highest BCUT2D eigenvalue weighted by Gasteiger charge is 1.93. The van der Waals surface area contributed by atoms with Gasteiger partial charge in [-0.25, -0.2) is 5.48 Å². The molecule has 0 aliphatic rings. The molecule has 2 N–H and O–H groups in total. The first-order valence-corrected chi connectivity index (χ1v) is 2.27. The van der Waals surface area contributed by atoms with E-state index >= 15 is 0 Å². The van der Waals surface area contributed by atoms with Gasteiger partial charge in [0.05, 0.1) is 13.0 Å². The maximum Gasteiger partial charge on any atom is 0.305 e. The molecule has 0 saturated heterocycles. The van der Waals surface area contributed by atoms with Crippen molar-refractivity contribution in [1.82, 2.24) is 5.48 Å². The second kappa shape index (κ2) is 4.55. The molecule has 0 unspecified atom stereocenters. The van der Waals surface area contributed by atoms with Crippen molar-refractivity contribution >= 4 is 5.97 Å². The highest BCUT2D eigenvalue weighted by Crippen LogP contribution is 1.76. The second-order valence-electron chi connectivity index (χ2n) is 1.20. The van der Waals surface area contributed by atoms with Gasteiger partial charge < -0.3 is 9.94 Å². The Morgan fingerprint density at radius 1 is 1.88 bits per heavy atom. The molecule has 0 aromatic heterocycles. The van der Waals surface area contributed by atoms with Crippen LogP contribution in [0.3, 0.4) is 0 Å². The molecule has 0 radical (unpaired) electrons. The van der Waals surface area contributed by atoms with Crippen LogP contribution < -0.4 is 5.48 Å². The van der Waals surface area contributed by atoms with Gasteiger partial charge in [0.25, 0.3) is 0 Å². The van der Waals surface area contributed by atoms with Crippen molar-refractivity contribution in [2.45, 2.75) is 6.42 Å². The third-order valence-corrected chi connectivity index (χ3v) is 0.562. The van der Waals surface area contributed by atoms with Crippen molar-refractivity contribution in [2.24, 2.45) is 0 Å². The first kappa shape index (κ1) is 7.39. The van der Waals surface area contributed by atoms with Crippen LogP contribution in [0, 0.1) is 0 Å². The second-order valence-corrected chi connectivity index (χ2v) is 1.20. The lowest BCUT2D eigenvalue weighted by Crippen LogP contribution is -2.11. The highest BCUT2D eigenvalue weighted by atomic mass is 16.6. The van der Waals surface area contributed by atoms with Gasteiger partial charge in [-0.15, -0.1) is 0 Å². The summed E-state index contributed by atoms with van der Waals surface area (Å²) >= 11 is 0. The Morgan fingerprint density at radius 2 is 2.50 bits per heavy atom. The minimum Gasteiger partial charge on any atom is -0.481 e. The Balaban J connectivity index is 2.82. The van der Waals surface area contributed by atoms with Gasteiger partial charge in [-0.1, -0.05) is 0 Å². The summed E-state index contributed by atoms with van der Waals surface area (Å²) in [6.45, 7) is 0.214. The van der Waals surface area contributed by atoms with Crippen molar-refractivity contribution in [2.75, 3.05) is 13.7 Å². The van der Waals surface area contributed by atoms with Crippen LogP contribution in [0.15, 0.2) is 0 Å². The Labute approximate surface area is 47.4 Å². The molecule has 8 heavy (non-hydrogen) atoms. The third kappa shape index (κ3) is 5.39. The minimum absolute atomic E-state index is 0.0425. The van der Waals surface area contributed by atoms with E-state index in [0.717, 1.165) is 0 Å². The number of carbonyl (C=O) groups is 1. The van der Waals surface area contributed by atoms with Crippen LogP contribution in [0.1, 0.15) is 6.42 Å². The van der Waals surface area contributed by atoms with Gasteiger partial charge in [-0.2, -0.15) is 0 Å². The van der Waals surface area contributed by atoms with Gasteiger partial charge >= 0.3 is 5.97 Å². The average Bonchev–Trinajstić information content (AvgIpc) is 1.66. The molecule has 0 bridgehead atoms. The fraction of sp³-hybridized carbons (Fsp3) is 0.750. The largest absolute Gasteiger partial charge is 0.481 e. The molecule has 0 heterocycles. The van der Waals surface area contributed by atoms with Gasteiger partial charge in [0, 0.05) is 7.05 Å². The average molecular weight is 119 g/mol. The quantitative estimate of drug-likeness (QED) is 0.391. The van der Waals surface area contributed by atoms with Crippen molar-refractivity contribution in [3.8, 4) is 0 Å². The van der Waals surface area contributed by atoms with E-state index in [4.69, 9.17) is 5.11 Å². The SMILES string of the molecule is CNOCCC(=O)O. The van der Waals surface area contributed by atoms with Crippen LogP contribution in [-0.4, -0.2) is 24.7 Å². The molecule has 0 aliphatic heterocycles. The van der Waals surface area contributed by atoms with Crippen molar-refractivity contribution in [3.05, 3.63) is 0 Å². The molecular weight excluding hydrogens is 110 g/mol. The summed E-state index contributed by atoms with van der Waals surface area (Å²) in [6.07, 6.45) is 0.0425. The molecule has 0 atom stereocenters. The third-order valence-electron chi connectivity index (χ3n) is 0.562. The van der Waals surface area contributed by atoms with Crippen molar-refractivity contribution in [1.29, 1.82) is 0 Å². The van der Waals surface area contributed by atoms with E-state index in [-0.39, 0.29) is 13.0 Å². The highest BCUT2D eigenvalue weighted by molar-refractivity contribution is 5.66. The smallest absolute Gasteiger partial charge is 0.305 e. The molecule has 48 valence electrons. The van der Waals surface area contributed by atoms with Gasteiger partial charge in [-0.05, 0) is 0 Å². The van der Waals surface area contributed by atoms with Crippen molar-refractivity contribution in [3.63, 3.8) is 0 Å². The summed E-state index contributed by atoms with van der Waals surface area (Å²) in [4.78, 5) is 14.3. The Hall–Kier alpha value is -0.610. The van der Waals surface area contributed by atoms with Gasteiger partial charge in [0.15, 0.2) is 0 Å². The van der Waals surface area contributed by atoms with Crippen LogP contribution >= 0.6 is 0 Å². The van der Waals surface area contributed by atoms with Crippen LogP contribution in [-0.2, 0) is 9.63 Å². The molecule has 0 rings (SSSR count). The number of rotatable bonds is 4. The van der Waals surface area contributed by atoms with E-state index in [2.05, 4.69) is 10.3 Å². The zero-order valence-electron chi connectivity index (χ0n) is 4.68. The summed E-state index contributed by atoms with van der Waals surface area (Å²) in [7, 11) is 1.59. The molecule has 0 fully saturated rings. The molecule has 0 aromatic carbocycles. The van der Waals surface area contributed by atoms with E-state index in [9.17, 15) is 4.79 Å². The topological polar surface area (TPSA) is 58.6 Å². The lowest BCUT2D eigenvalue weighted by molar-refractivity contribution is -0.138. The van der Waals surface area contributed by atoms with E-state index in [1.807, 2.05) is 0 Å². The van der Waals surface area contributed by atoms with E-state index < -0.39 is 5.97 Å². The molecule has 4 nitrogen and oxygen atoms in total. The lowest BCUT2D eigenvalue weighted by atomic mass is 10.5. The summed E-state index contributed by atoms with van der Waals surface area (Å²) < 4.78 is 0. The maximum absolute atomic E-state index is 9.77. The number of carboxylic acid groups (broad SMARTS) is 1. The number of hydrogen-bond acceptors (Lipinski definition) is 3. The number of hydroxylamine groups is 1. The predicted molar refractivity (Wildman–Crippen MR) is 27.3 cm³/mol. The van der Waals surface area contributed by atoms with E-state index in [0.29, 0.717) is 0 Å². The summed E-state index contributed by atoms with van der Waals surface area (Å²) in [5.41, 5.74) is 2.36. The zero-order chi connectivity index (χ0) is 6.41. The van der Waals surface area contributed by atoms with E-state index in [1.54, 1.807) is 7.05 Å². The predicted octanol–water partition coefficient (Wildman–Crippen LogP) is -0.388. The van der Waals surface area contributed by atoms with Gasteiger partial charge in [0.1, 0.15) is 0 Å². The molecule has 0 saturated carbocycles. The first-order chi connectivity index (χ1) is 3.77. The first-order valence-electron chi connectivity index (χ1n) is 2.27. The molecular formula is C4H9NO3. The minimum atomic E-state index is -0.847. The maximum atomic E-state index is 9.77. The number of aliphatic carboxylic acids is 1. The normalized spacial score (nSPS) is 9.12. The Morgan fingerprint density at radius 3 is 2.88 bits per heavy atom. The molecule has 0 aliphatic carbocycles. The zero-order valence-corrected chi connectivity index (χ0v) is 4.68. The standard InChI is InChI=1S/C4H9NO3/c1-5-8-3-2-4(6)7/h5H,2-3H2,1H3,(H,6,7). The molecule has 0 aromatic rings. The number of nitrogens with one attached hydrogen (secondary N) is 1. The van der Waals surface area contributed by atoms with Crippen LogP contribution in [0.5, 0.6) is 0 Å². The molecule has 0 spiro atoms. The summed E-state index contributed by atoms with van der Waals surface area (Å²) in [6, 6.07) is 0. The molecule has 0 amide bonds. The van der Waals surface area contributed by atoms with Gasteiger partial charge in [-0.3, -0.25) is 4.79 Å². The fourth-order valence-electron chi connectivity index (χ4n) is 0.240. The van der Waals surface area contributed by atoms with Crippen molar-refractivity contribution < 1.29 is 14.7 Å². The fourth-order valence-corrected chi connectivity index (χ4v) is 0.240. The van der Waals surface area contributed by atoms with Crippen LogP contribution in [0.4, 0.5) is 0 Å². The van der Waals surface area contributed by atoms with E-state index in [1.165, 1.54) is 0 Å². The van der Waals surface area contributed by atoms with Crippen LogP contribution in [0.2, 0.25) is 0 Å². The Kier molecular flexibility index (Phi) is 4.20. The molecule has 4 heteroatoms. The van der Waals surface area contributed by atoms with Crippen LogP contribution in [0.25, 0.3) is 0 Å². The monoisotopic (exact) mass is 119 g/mol. The number of hydrogen-bond donors (Lipinski definition) is 2.